The highest BCUT2D eigenvalue weighted by Crippen LogP contribution is 2.33. The molecule has 0 saturated carbocycles. The summed E-state index contributed by atoms with van der Waals surface area (Å²) in [5, 5.41) is 0.900. The summed E-state index contributed by atoms with van der Waals surface area (Å²) < 4.78 is 25.7. The molecule has 0 fully saturated rings. The van der Waals surface area contributed by atoms with Crippen molar-refractivity contribution in [3.63, 3.8) is 0 Å². The molecule has 21 heavy (non-hydrogen) atoms. The van der Waals surface area contributed by atoms with Crippen LogP contribution in [0.15, 0.2) is 52.3 Å². The number of nitrogen functional groups attached to an aromatic ring is 1. The van der Waals surface area contributed by atoms with Gasteiger partial charge in [-0.3, -0.25) is 0 Å². The van der Waals surface area contributed by atoms with E-state index in [-0.39, 0.29) is 14.8 Å². The van der Waals surface area contributed by atoms with Gasteiger partial charge in [0, 0.05) is 16.6 Å². The van der Waals surface area contributed by atoms with Crippen LogP contribution in [0.25, 0.3) is 10.9 Å². The van der Waals surface area contributed by atoms with E-state index in [1.165, 1.54) is 18.2 Å². The highest BCUT2D eigenvalue weighted by atomic mass is 35.5. The summed E-state index contributed by atoms with van der Waals surface area (Å²) in [5.74, 6) is 0. The Hall–Kier alpha value is -1.98. The third-order valence-electron chi connectivity index (χ3n) is 3.39. The molecule has 0 aliphatic heterocycles. The summed E-state index contributed by atoms with van der Waals surface area (Å²) >= 11 is 5.94. The summed E-state index contributed by atoms with van der Waals surface area (Å²) in [5.41, 5.74) is 7.38. The third-order valence-corrected chi connectivity index (χ3v) is 5.65. The zero-order valence-corrected chi connectivity index (χ0v) is 12.8. The Labute approximate surface area is 127 Å². The standard InChI is InChI=1S/C15H13ClN2O2S/c1-9-15(11-4-2-3-5-14(11)18-9)21(19,20)10-6-7-13(17)12(16)8-10/h2-8,18H,17H2,1H3. The fourth-order valence-electron chi connectivity index (χ4n) is 2.39. The van der Waals surface area contributed by atoms with Crippen LogP contribution in [-0.2, 0) is 9.84 Å². The fraction of sp³-hybridized carbons (Fsp3) is 0.0667. The van der Waals surface area contributed by atoms with Gasteiger partial charge in [-0.1, -0.05) is 29.8 Å². The van der Waals surface area contributed by atoms with E-state index in [4.69, 9.17) is 17.3 Å². The van der Waals surface area contributed by atoms with Gasteiger partial charge < -0.3 is 10.7 Å². The lowest BCUT2D eigenvalue weighted by molar-refractivity contribution is 0.596. The number of nitrogens with one attached hydrogen (secondary N) is 1. The molecule has 0 aliphatic carbocycles. The van der Waals surface area contributed by atoms with Crippen LogP contribution in [0.1, 0.15) is 5.69 Å². The van der Waals surface area contributed by atoms with E-state index in [0.717, 1.165) is 5.52 Å². The summed E-state index contributed by atoms with van der Waals surface area (Å²) in [7, 11) is -3.66. The van der Waals surface area contributed by atoms with Crippen LogP contribution >= 0.6 is 11.6 Å². The van der Waals surface area contributed by atoms with Crippen LogP contribution < -0.4 is 5.73 Å². The number of halogens is 1. The number of benzene rings is 2. The Morgan fingerprint density at radius 2 is 1.86 bits per heavy atom. The van der Waals surface area contributed by atoms with Crippen LogP contribution in [0.3, 0.4) is 0 Å². The van der Waals surface area contributed by atoms with Gasteiger partial charge in [-0.15, -0.1) is 0 Å². The summed E-state index contributed by atoms with van der Waals surface area (Å²) in [6, 6.07) is 11.6. The smallest absolute Gasteiger partial charge is 0.209 e. The van der Waals surface area contributed by atoms with Crippen molar-refractivity contribution < 1.29 is 8.42 Å². The van der Waals surface area contributed by atoms with Crippen LogP contribution in [0.5, 0.6) is 0 Å². The van der Waals surface area contributed by atoms with Crippen molar-refractivity contribution in [1.29, 1.82) is 0 Å². The van der Waals surface area contributed by atoms with Gasteiger partial charge in [-0.2, -0.15) is 0 Å². The Balaban J connectivity index is 2.30. The Kier molecular flexibility index (Phi) is 3.19. The van der Waals surface area contributed by atoms with Gasteiger partial charge in [0.2, 0.25) is 9.84 Å². The SMILES string of the molecule is Cc1[nH]c2ccccc2c1S(=O)(=O)c1ccc(N)c(Cl)c1. The largest absolute Gasteiger partial charge is 0.398 e. The number of aromatic nitrogens is 1. The van der Waals surface area contributed by atoms with E-state index in [0.29, 0.717) is 16.8 Å². The Morgan fingerprint density at radius 3 is 2.57 bits per heavy atom. The highest BCUT2D eigenvalue weighted by Gasteiger charge is 2.24. The molecule has 1 aromatic heterocycles. The minimum Gasteiger partial charge on any atom is -0.398 e. The number of hydrogen-bond acceptors (Lipinski definition) is 3. The van der Waals surface area contributed by atoms with E-state index < -0.39 is 9.84 Å². The molecule has 3 aromatic rings. The van der Waals surface area contributed by atoms with Gasteiger partial charge in [0.05, 0.1) is 20.5 Å². The van der Waals surface area contributed by atoms with Crippen molar-refractivity contribution in [3.8, 4) is 0 Å². The lowest BCUT2D eigenvalue weighted by Gasteiger charge is -2.06. The van der Waals surface area contributed by atoms with E-state index >= 15 is 0 Å². The molecule has 0 unspecified atom stereocenters. The Morgan fingerprint density at radius 1 is 1.14 bits per heavy atom. The number of hydrogen-bond donors (Lipinski definition) is 2. The molecule has 0 saturated heterocycles. The van der Waals surface area contributed by atoms with Crippen molar-refractivity contribution in [3.05, 3.63) is 53.2 Å². The molecule has 0 atom stereocenters. The number of nitrogens with two attached hydrogens (primary N) is 1. The van der Waals surface area contributed by atoms with E-state index in [1.54, 1.807) is 13.0 Å². The quantitative estimate of drug-likeness (QED) is 0.709. The number of H-pyrrole nitrogens is 1. The van der Waals surface area contributed by atoms with Crippen molar-refractivity contribution in [2.45, 2.75) is 16.7 Å². The van der Waals surface area contributed by atoms with E-state index in [1.807, 2.05) is 18.2 Å². The molecule has 2 aromatic carbocycles. The maximum atomic E-state index is 12.9. The normalized spacial score (nSPS) is 11.9. The molecule has 108 valence electrons. The van der Waals surface area contributed by atoms with E-state index in [2.05, 4.69) is 4.98 Å². The van der Waals surface area contributed by atoms with Gasteiger partial charge in [0.1, 0.15) is 0 Å². The number of rotatable bonds is 2. The molecular weight excluding hydrogens is 308 g/mol. The highest BCUT2D eigenvalue weighted by molar-refractivity contribution is 7.91. The predicted molar refractivity (Wildman–Crippen MR) is 84.4 cm³/mol. The van der Waals surface area contributed by atoms with Crippen molar-refractivity contribution in [2.24, 2.45) is 0 Å². The average Bonchev–Trinajstić information content (AvgIpc) is 2.78. The molecular formula is C15H13ClN2O2S. The molecule has 3 rings (SSSR count). The molecule has 0 radical (unpaired) electrons. The van der Waals surface area contributed by atoms with Crippen LogP contribution in [0, 0.1) is 6.92 Å². The molecule has 0 spiro atoms. The molecule has 6 heteroatoms. The first-order valence-electron chi connectivity index (χ1n) is 6.28. The third kappa shape index (κ3) is 2.18. The van der Waals surface area contributed by atoms with Crippen LogP contribution in [0.2, 0.25) is 5.02 Å². The van der Waals surface area contributed by atoms with Crippen molar-refractivity contribution >= 4 is 38.0 Å². The van der Waals surface area contributed by atoms with Gasteiger partial charge in [-0.05, 0) is 31.2 Å². The minimum atomic E-state index is -3.66. The molecule has 1 heterocycles. The van der Waals surface area contributed by atoms with E-state index in [9.17, 15) is 8.42 Å². The maximum Gasteiger partial charge on any atom is 0.209 e. The first-order chi connectivity index (χ1) is 9.91. The number of para-hydroxylation sites is 1. The summed E-state index contributed by atoms with van der Waals surface area (Å²) in [6.45, 7) is 1.74. The maximum absolute atomic E-state index is 12.9. The zero-order valence-electron chi connectivity index (χ0n) is 11.2. The molecule has 4 nitrogen and oxygen atoms in total. The zero-order chi connectivity index (χ0) is 15.2. The second kappa shape index (κ2) is 4.79. The minimum absolute atomic E-state index is 0.134. The molecule has 0 amide bonds. The summed E-state index contributed by atoms with van der Waals surface area (Å²) in [4.78, 5) is 3.50. The first kappa shape index (κ1) is 14.0. The molecule has 0 aliphatic rings. The van der Waals surface area contributed by atoms with Crippen LogP contribution in [0.4, 0.5) is 5.69 Å². The van der Waals surface area contributed by atoms with Gasteiger partial charge in [0.25, 0.3) is 0 Å². The van der Waals surface area contributed by atoms with Gasteiger partial charge in [-0.25, -0.2) is 8.42 Å². The average molecular weight is 321 g/mol. The summed E-state index contributed by atoms with van der Waals surface area (Å²) in [6.07, 6.45) is 0. The van der Waals surface area contributed by atoms with Crippen molar-refractivity contribution in [2.75, 3.05) is 5.73 Å². The van der Waals surface area contributed by atoms with Crippen molar-refractivity contribution in [1.82, 2.24) is 4.98 Å². The lowest BCUT2D eigenvalue weighted by Crippen LogP contribution is -2.03. The number of aromatic amines is 1. The molecule has 3 N–H and O–H groups in total. The van der Waals surface area contributed by atoms with Gasteiger partial charge in [0.15, 0.2) is 0 Å². The number of sulfone groups is 1. The van der Waals surface area contributed by atoms with Gasteiger partial charge >= 0.3 is 0 Å². The fourth-order valence-corrected chi connectivity index (χ4v) is 4.31. The first-order valence-corrected chi connectivity index (χ1v) is 8.15. The lowest BCUT2D eigenvalue weighted by atomic mass is 10.2. The van der Waals surface area contributed by atoms with Crippen LogP contribution in [-0.4, -0.2) is 13.4 Å². The number of aryl methyl sites for hydroxylation is 1. The monoisotopic (exact) mass is 320 g/mol. The molecule has 0 bridgehead atoms. The number of anilines is 1. The second-order valence-corrected chi connectivity index (χ2v) is 7.11. The predicted octanol–water partition coefficient (Wildman–Crippen LogP) is 3.54. The topological polar surface area (TPSA) is 76.0 Å². The second-order valence-electron chi connectivity index (χ2n) is 4.81. The Bertz CT molecular complexity index is 945. The number of fused-ring (bicyclic) bond motifs is 1.